The van der Waals surface area contributed by atoms with Crippen LogP contribution in [-0.4, -0.2) is 18.3 Å². The number of aldehydes is 1. The molecule has 1 aromatic carbocycles. The Bertz CT molecular complexity index is 454. The van der Waals surface area contributed by atoms with E-state index in [0.717, 1.165) is 31.2 Å². The topological polar surface area (TPSA) is 69.4 Å². The van der Waals surface area contributed by atoms with Crippen LogP contribution in [0.4, 0.5) is 0 Å². The van der Waals surface area contributed by atoms with Gasteiger partial charge in [-0.05, 0) is 24.3 Å². The van der Waals surface area contributed by atoms with E-state index in [9.17, 15) is 9.59 Å². The minimum absolute atomic E-state index is 0.182. The lowest BCUT2D eigenvalue weighted by Crippen LogP contribution is -2.43. The zero-order chi connectivity index (χ0) is 15.1. The Kier molecular flexibility index (Phi) is 5.93. The maximum absolute atomic E-state index is 12.1. The lowest BCUT2D eigenvalue weighted by atomic mass is 9.79. The third-order valence-corrected chi connectivity index (χ3v) is 4.25. The largest absolute Gasteiger partial charge is 0.460 e. The zero-order valence-electron chi connectivity index (χ0n) is 12.2. The average Bonchev–Trinajstić information content (AvgIpc) is 2.55. The fraction of sp³-hybridized carbons (Fsp3) is 0.529. The monoisotopic (exact) mass is 289 g/mol. The maximum Gasteiger partial charge on any atom is 0.318 e. The first-order valence-electron chi connectivity index (χ1n) is 7.64. The average molecular weight is 289 g/mol. The van der Waals surface area contributed by atoms with E-state index < -0.39 is 17.9 Å². The van der Waals surface area contributed by atoms with Crippen LogP contribution in [0.25, 0.3) is 0 Å². The van der Waals surface area contributed by atoms with Crippen LogP contribution in [0, 0.1) is 11.8 Å². The van der Waals surface area contributed by atoms with Gasteiger partial charge in [-0.2, -0.15) is 0 Å². The Morgan fingerprint density at radius 2 is 1.90 bits per heavy atom. The maximum atomic E-state index is 12.1. The van der Waals surface area contributed by atoms with Gasteiger partial charge in [0.2, 0.25) is 0 Å². The predicted molar refractivity (Wildman–Crippen MR) is 80.3 cm³/mol. The van der Waals surface area contributed by atoms with E-state index in [4.69, 9.17) is 10.5 Å². The predicted octanol–water partition coefficient (Wildman–Crippen LogP) is 2.45. The lowest BCUT2D eigenvalue weighted by molar-refractivity contribution is -0.152. The molecular weight excluding hydrogens is 266 g/mol. The highest BCUT2D eigenvalue weighted by Gasteiger charge is 2.33. The molecule has 21 heavy (non-hydrogen) atoms. The number of carbonyl (C=O) groups excluding carboxylic acids is 2. The van der Waals surface area contributed by atoms with Gasteiger partial charge in [-0.3, -0.25) is 4.79 Å². The number of esters is 1. The molecule has 0 spiro atoms. The van der Waals surface area contributed by atoms with E-state index >= 15 is 0 Å². The smallest absolute Gasteiger partial charge is 0.318 e. The highest BCUT2D eigenvalue weighted by molar-refractivity contribution is 5.88. The number of hydrogen-bond donors (Lipinski definition) is 1. The van der Waals surface area contributed by atoms with Crippen LogP contribution < -0.4 is 5.73 Å². The Morgan fingerprint density at radius 1 is 1.24 bits per heavy atom. The van der Waals surface area contributed by atoms with Crippen LogP contribution in [0.3, 0.4) is 0 Å². The molecule has 0 heterocycles. The molecule has 0 aromatic heterocycles. The first-order chi connectivity index (χ1) is 10.2. The summed E-state index contributed by atoms with van der Waals surface area (Å²) in [4.78, 5) is 23.4. The fourth-order valence-corrected chi connectivity index (χ4v) is 2.94. The molecule has 0 saturated heterocycles. The molecular formula is C17H23NO3. The molecule has 0 bridgehead atoms. The molecule has 4 heteroatoms. The van der Waals surface area contributed by atoms with E-state index in [2.05, 4.69) is 0 Å². The second-order valence-electron chi connectivity index (χ2n) is 5.73. The van der Waals surface area contributed by atoms with E-state index in [-0.39, 0.29) is 12.5 Å². The molecule has 1 aliphatic carbocycles. The summed E-state index contributed by atoms with van der Waals surface area (Å²) >= 11 is 0. The van der Waals surface area contributed by atoms with E-state index in [1.165, 1.54) is 6.42 Å². The molecule has 2 rings (SSSR count). The van der Waals surface area contributed by atoms with Crippen molar-refractivity contribution in [1.82, 2.24) is 0 Å². The van der Waals surface area contributed by atoms with Gasteiger partial charge in [-0.15, -0.1) is 0 Å². The van der Waals surface area contributed by atoms with Crippen molar-refractivity contribution in [2.45, 2.75) is 44.8 Å². The molecule has 0 radical (unpaired) electrons. The van der Waals surface area contributed by atoms with Gasteiger partial charge in [0.1, 0.15) is 18.8 Å². The van der Waals surface area contributed by atoms with Crippen LogP contribution in [0.15, 0.2) is 30.3 Å². The van der Waals surface area contributed by atoms with Crippen LogP contribution in [-0.2, 0) is 20.9 Å². The Labute approximate surface area is 125 Å². The molecule has 0 amide bonds. The Morgan fingerprint density at radius 3 is 2.52 bits per heavy atom. The van der Waals surface area contributed by atoms with Gasteiger partial charge >= 0.3 is 5.97 Å². The van der Waals surface area contributed by atoms with Crippen LogP contribution >= 0.6 is 0 Å². The molecule has 1 fully saturated rings. The highest BCUT2D eigenvalue weighted by Crippen LogP contribution is 2.28. The highest BCUT2D eigenvalue weighted by atomic mass is 16.5. The third-order valence-electron chi connectivity index (χ3n) is 4.25. The normalized spacial score (nSPS) is 18.7. The van der Waals surface area contributed by atoms with Crippen molar-refractivity contribution in [3.8, 4) is 0 Å². The lowest BCUT2D eigenvalue weighted by Gasteiger charge is -2.29. The summed E-state index contributed by atoms with van der Waals surface area (Å²) in [5.74, 6) is -1.11. The number of ether oxygens (including phenoxy) is 1. The van der Waals surface area contributed by atoms with Crippen LogP contribution in [0.2, 0.25) is 0 Å². The van der Waals surface area contributed by atoms with Crippen molar-refractivity contribution in [3.63, 3.8) is 0 Å². The van der Waals surface area contributed by atoms with Gasteiger partial charge in [0.15, 0.2) is 0 Å². The van der Waals surface area contributed by atoms with Crippen molar-refractivity contribution in [2.75, 3.05) is 0 Å². The second kappa shape index (κ2) is 7.93. The summed E-state index contributed by atoms with van der Waals surface area (Å²) in [7, 11) is 0. The minimum Gasteiger partial charge on any atom is -0.460 e. The van der Waals surface area contributed by atoms with Crippen molar-refractivity contribution >= 4 is 12.3 Å². The number of hydrogen-bond acceptors (Lipinski definition) is 4. The summed E-state index contributed by atoms with van der Waals surface area (Å²) in [6.45, 7) is 0.182. The molecule has 2 atom stereocenters. The van der Waals surface area contributed by atoms with Crippen molar-refractivity contribution in [1.29, 1.82) is 0 Å². The Hall–Kier alpha value is -1.68. The third kappa shape index (κ3) is 4.39. The molecule has 2 N–H and O–H groups in total. The van der Waals surface area contributed by atoms with Gasteiger partial charge in [0.05, 0.1) is 0 Å². The number of nitrogens with two attached hydrogens (primary N) is 1. The van der Waals surface area contributed by atoms with Crippen molar-refractivity contribution in [3.05, 3.63) is 35.9 Å². The number of benzene rings is 1. The summed E-state index contributed by atoms with van der Waals surface area (Å²) in [5.41, 5.74) is 7.05. The standard InChI is InChI=1S/C17H23NO3/c18-16(14-9-5-2-6-10-14)15(11-19)17(20)21-12-13-7-3-1-4-8-13/h1,3-4,7-8,11,14-16H,2,5-6,9-10,12,18H2. The summed E-state index contributed by atoms with van der Waals surface area (Å²) in [6, 6.07) is 9.00. The van der Waals surface area contributed by atoms with Gasteiger partial charge in [-0.25, -0.2) is 0 Å². The summed E-state index contributed by atoms with van der Waals surface area (Å²) in [6.07, 6.45) is 6.11. The first-order valence-corrected chi connectivity index (χ1v) is 7.64. The van der Waals surface area contributed by atoms with E-state index in [1.807, 2.05) is 30.3 Å². The molecule has 1 aliphatic rings. The molecule has 114 valence electrons. The molecule has 0 aliphatic heterocycles. The molecule has 1 saturated carbocycles. The fourth-order valence-electron chi connectivity index (χ4n) is 2.94. The van der Waals surface area contributed by atoms with Crippen LogP contribution in [0.1, 0.15) is 37.7 Å². The van der Waals surface area contributed by atoms with E-state index in [0.29, 0.717) is 6.29 Å². The number of carbonyl (C=O) groups is 2. The second-order valence-corrected chi connectivity index (χ2v) is 5.73. The van der Waals surface area contributed by atoms with Gasteiger partial charge in [0.25, 0.3) is 0 Å². The molecule has 4 nitrogen and oxygen atoms in total. The van der Waals surface area contributed by atoms with Crippen LogP contribution in [0.5, 0.6) is 0 Å². The summed E-state index contributed by atoms with van der Waals surface area (Å²) < 4.78 is 5.24. The first kappa shape index (κ1) is 15.7. The van der Waals surface area contributed by atoms with E-state index in [1.54, 1.807) is 0 Å². The molecule has 2 unspecified atom stereocenters. The Balaban J connectivity index is 1.89. The van der Waals surface area contributed by atoms with Gasteiger partial charge in [0, 0.05) is 6.04 Å². The quantitative estimate of drug-likeness (QED) is 0.496. The van der Waals surface area contributed by atoms with Crippen molar-refractivity contribution in [2.24, 2.45) is 17.6 Å². The summed E-state index contributed by atoms with van der Waals surface area (Å²) in [5, 5.41) is 0. The minimum atomic E-state index is -0.850. The zero-order valence-corrected chi connectivity index (χ0v) is 12.2. The van der Waals surface area contributed by atoms with Crippen molar-refractivity contribution < 1.29 is 14.3 Å². The SMILES string of the molecule is NC(C1CCCCC1)C(C=O)C(=O)OCc1ccccc1. The molecule has 1 aromatic rings. The van der Waals surface area contributed by atoms with Gasteiger partial charge < -0.3 is 15.3 Å². The number of rotatable bonds is 6. The van der Waals surface area contributed by atoms with Gasteiger partial charge in [-0.1, -0.05) is 49.6 Å².